The largest absolute Gasteiger partial charge is 0.357 e. The summed E-state index contributed by atoms with van der Waals surface area (Å²) in [6, 6.07) is 0. The van der Waals surface area contributed by atoms with E-state index in [0.717, 1.165) is 19.4 Å². The van der Waals surface area contributed by atoms with Gasteiger partial charge in [-0.25, -0.2) is 8.78 Å². The van der Waals surface area contributed by atoms with Crippen molar-refractivity contribution in [2.75, 3.05) is 6.54 Å². The molecule has 1 N–H and O–H groups in total. The topological polar surface area (TPSA) is 21.3 Å². The maximum Gasteiger partial charge on any atom is 0.248 e. The first-order valence-electron chi connectivity index (χ1n) is 5.86. The third-order valence-electron chi connectivity index (χ3n) is 3.55. The molecule has 1 atom stereocenters. The van der Waals surface area contributed by atoms with Crippen LogP contribution in [0.4, 0.5) is 8.78 Å². The van der Waals surface area contributed by atoms with Crippen LogP contribution < -0.4 is 5.32 Å². The van der Waals surface area contributed by atoms with Crippen LogP contribution in [0.1, 0.15) is 45.4 Å². The zero-order valence-electron chi connectivity index (χ0n) is 9.19. The number of hydrogen-bond acceptors (Lipinski definition) is 2. The predicted octanol–water partition coefficient (Wildman–Crippen LogP) is 2.68. The van der Waals surface area contributed by atoms with Crippen LogP contribution in [0, 0.1) is 0 Å². The summed E-state index contributed by atoms with van der Waals surface area (Å²) < 4.78 is 32.0. The molecule has 0 aromatic carbocycles. The zero-order chi connectivity index (χ0) is 10.9. The van der Waals surface area contributed by atoms with Gasteiger partial charge in [0.2, 0.25) is 5.92 Å². The summed E-state index contributed by atoms with van der Waals surface area (Å²) in [5.41, 5.74) is -0.444. The van der Waals surface area contributed by atoms with Crippen molar-refractivity contribution in [1.82, 2.24) is 5.32 Å². The minimum atomic E-state index is -2.48. The molecular formula is C11H19F2NO. The second kappa shape index (κ2) is 3.98. The van der Waals surface area contributed by atoms with Crippen LogP contribution in [0.2, 0.25) is 0 Å². The third-order valence-corrected chi connectivity index (χ3v) is 3.55. The summed E-state index contributed by atoms with van der Waals surface area (Å²) in [4.78, 5) is 0. The van der Waals surface area contributed by atoms with E-state index in [9.17, 15) is 8.78 Å². The Morgan fingerprint density at radius 1 is 1.27 bits per heavy atom. The fraction of sp³-hybridized carbons (Fsp3) is 1.00. The average Bonchev–Trinajstić information content (AvgIpc) is 2.24. The van der Waals surface area contributed by atoms with E-state index in [1.807, 2.05) is 0 Å². The molecule has 2 rings (SSSR count). The highest BCUT2D eigenvalue weighted by Crippen LogP contribution is 2.41. The van der Waals surface area contributed by atoms with E-state index in [1.165, 1.54) is 0 Å². The Hall–Kier alpha value is -0.220. The van der Waals surface area contributed by atoms with E-state index in [2.05, 4.69) is 12.2 Å². The average molecular weight is 219 g/mol. The maximum atomic E-state index is 13.0. The van der Waals surface area contributed by atoms with E-state index < -0.39 is 11.6 Å². The summed E-state index contributed by atoms with van der Waals surface area (Å²) in [5, 5.41) is 3.28. The molecule has 1 aliphatic heterocycles. The van der Waals surface area contributed by atoms with Crippen molar-refractivity contribution in [3.05, 3.63) is 0 Å². The molecule has 0 amide bonds. The molecule has 0 aromatic heterocycles. The Morgan fingerprint density at radius 3 is 2.53 bits per heavy atom. The fourth-order valence-corrected chi connectivity index (χ4v) is 2.48. The molecule has 1 spiro atoms. The Morgan fingerprint density at radius 2 is 1.93 bits per heavy atom. The van der Waals surface area contributed by atoms with E-state index in [1.54, 1.807) is 0 Å². The van der Waals surface area contributed by atoms with Crippen molar-refractivity contribution in [3.63, 3.8) is 0 Å². The first-order chi connectivity index (χ1) is 7.05. The molecule has 1 heterocycles. The van der Waals surface area contributed by atoms with Gasteiger partial charge in [-0.2, -0.15) is 0 Å². The normalized spacial score (nSPS) is 34.2. The monoisotopic (exact) mass is 219 g/mol. The Kier molecular flexibility index (Phi) is 2.99. The Balaban J connectivity index is 1.96. The lowest BCUT2D eigenvalue weighted by Crippen LogP contribution is -2.57. The second-order valence-electron chi connectivity index (χ2n) is 4.71. The molecule has 88 valence electrons. The van der Waals surface area contributed by atoms with E-state index in [-0.39, 0.29) is 18.9 Å². The highest BCUT2D eigenvalue weighted by Gasteiger charge is 2.46. The number of rotatable bonds is 1. The molecule has 1 saturated heterocycles. The van der Waals surface area contributed by atoms with Gasteiger partial charge in [0, 0.05) is 19.4 Å². The van der Waals surface area contributed by atoms with Crippen LogP contribution in [0.3, 0.4) is 0 Å². The highest BCUT2D eigenvalue weighted by atomic mass is 19.3. The summed E-state index contributed by atoms with van der Waals surface area (Å²) in [5.74, 6) is -2.48. The molecule has 0 radical (unpaired) electrons. The summed E-state index contributed by atoms with van der Waals surface area (Å²) in [6.45, 7) is 2.98. The SMILES string of the molecule is CCC1CCNC2(CCC(F)(F)CC2)O1. The van der Waals surface area contributed by atoms with Crippen LogP contribution in [-0.2, 0) is 4.74 Å². The number of ether oxygens (including phenoxy) is 1. The molecule has 1 aliphatic carbocycles. The number of hydrogen-bond donors (Lipinski definition) is 1. The lowest BCUT2D eigenvalue weighted by molar-refractivity contribution is -0.190. The van der Waals surface area contributed by atoms with Gasteiger partial charge >= 0.3 is 0 Å². The Labute approximate surface area is 89.4 Å². The van der Waals surface area contributed by atoms with Gasteiger partial charge in [-0.1, -0.05) is 6.92 Å². The predicted molar refractivity (Wildman–Crippen MR) is 53.9 cm³/mol. The summed E-state index contributed by atoms with van der Waals surface area (Å²) >= 11 is 0. The minimum Gasteiger partial charge on any atom is -0.357 e. The molecule has 2 aliphatic rings. The quantitative estimate of drug-likeness (QED) is 0.732. The van der Waals surface area contributed by atoms with Crippen molar-refractivity contribution >= 4 is 0 Å². The van der Waals surface area contributed by atoms with Gasteiger partial charge in [-0.3, -0.25) is 5.32 Å². The van der Waals surface area contributed by atoms with E-state index >= 15 is 0 Å². The molecule has 1 unspecified atom stereocenters. The second-order valence-corrected chi connectivity index (χ2v) is 4.71. The van der Waals surface area contributed by atoms with Crippen molar-refractivity contribution < 1.29 is 13.5 Å². The Bertz CT molecular complexity index is 223. The minimum absolute atomic E-state index is 0.0452. The van der Waals surface area contributed by atoms with E-state index in [4.69, 9.17) is 4.74 Å². The van der Waals surface area contributed by atoms with Crippen molar-refractivity contribution in [2.45, 2.75) is 63.2 Å². The summed E-state index contributed by atoms with van der Waals surface area (Å²) in [7, 11) is 0. The van der Waals surface area contributed by atoms with Crippen molar-refractivity contribution in [1.29, 1.82) is 0 Å². The summed E-state index contributed by atoms with van der Waals surface area (Å²) in [6.07, 6.45) is 3.01. The van der Waals surface area contributed by atoms with Crippen LogP contribution in [0.5, 0.6) is 0 Å². The van der Waals surface area contributed by atoms with Crippen LogP contribution >= 0.6 is 0 Å². The van der Waals surface area contributed by atoms with Crippen LogP contribution in [0.15, 0.2) is 0 Å². The van der Waals surface area contributed by atoms with Gasteiger partial charge in [0.25, 0.3) is 0 Å². The number of nitrogens with one attached hydrogen (secondary N) is 1. The van der Waals surface area contributed by atoms with E-state index in [0.29, 0.717) is 12.8 Å². The molecule has 4 heteroatoms. The molecule has 15 heavy (non-hydrogen) atoms. The molecule has 2 nitrogen and oxygen atoms in total. The molecule has 0 aromatic rings. The van der Waals surface area contributed by atoms with Gasteiger partial charge in [-0.15, -0.1) is 0 Å². The first-order valence-corrected chi connectivity index (χ1v) is 5.86. The van der Waals surface area contributed by atoms with Gasteiger partial charge in [0.05, 0.1) is 6.10 Å². The van der Waals surface area contributed by atoms with Gasteiger partial charge in [0.15, 0.2) is 0 Å². The van der Waals surface area contributed by atoms with Crippen molar-refractivity contribution in [3.8, 4) is 0 Å². The molecule has 2 fully saturated rings. The standard InChI is InChI=1S/C11H19F2NO/c1-2-9-3-8-14-11(15-9)6-4-10(12,13)5-7-11/h9,14H,2-8H2,1H3. The first kappa shape index (κ1) is 11.3. The highest BCUT2D eigenvalue weighted by molar-refractivity contribution is 4.91. The van der Waals surface area contributed by atoms with Gasteiger partial charge in [0.1, 0.15) is 5.72 Å². The lowest BCUT2D eigenvalue weighted by atomic mass is 9.87. The number of halogens is 2. The third kappa shape index (κ3) is 2.48. The molecule has 1 saturated carbocycles. The van der Waals surface area contributed by atoms with Crippen LogP contribution in [0.25, 0.3) is 0 Å². The smallest absolute Gasteiger partial charge is 0.248 e. The van der Waals surface area contributed by atoms with Gasteiger partial charge < -0.3 is 4.74 Å². The number of alkyl halides is 2. The van der Waals surface area contributed by atoms with Gasteiger partial charge in [-0.05, 0) is 25.7 Å². The zero-order valence-corrected chi connectivity index (χ0v) is 9.19. The van der Waals surface area contributed by atoms with Crippen LogP contribution in [-0.4, -0.2) is 24.3 Å². The fourth-order valence-electron chi connectivity index (χ4n) is 2.48. The molecule has 0 bridgehead atoms. The van der Waals surface area contributed by atoms with Crippen molar-refractivity contribution in [2.24, 2.45) is 0 Å². The lowest BCUT2D eigenvalue weighted by Gasteiger charge is -2.46. The maximum absolute atomic E-state index is 13.0. The molecular weight excluding hydrogens is 200 g/mol.